The lowest BCUT2D eigenvalue weighted by atomic mass is 10.0. The molecule has 0 atom stereocenters. The lowest BCUT2D eigenvalue weighted by Gasteiger charge is -2.06. The summed E-state index contributed by atoms with van der Waals surface area (Å²) in [7, 11) is 0. The second kappa shape index (κ2) is 5.15. The third kappa shape index (κ3) is 2.29. The van der Waals surface area contributed by atoms with Gasteiger partial charge in [0.05, 0.1) is 5.52 Å². The van der Waals surface area contributed by atoms with Gasteiger partial charge in [-0.15, -0.1) is 0 Å². The van der Waals surface area contributed by atoms with Crippen molar-refractivity contribution in [3.8, 4) is 5.75 Å². The Balaban J connectivity index is 1.73. The van der Waals surface area contributed by atoms with Crippen LogP contribution in [0.1, 0.15) is 11.3 Å². The van der Waals surface area contributed by atoms with Gasteiger partial charge < -0.3 is 5.11 Å². The lowest BCUT2D eigenvalue weighted by Crippen LogP contribution is -1.93. The zero-order chi connectivity index (χ0) is 14.9. The average molecular weight is 285 g/mol. The Bertz CT molecular complexity index is 975. The molecular weight excluding hydrogens is 270 g/mol. The molecule has 1 aromatic heterocycles. The maximum absolute atomic E-state index is 9.99. The van der Waals surface area contributed by atoms with E-state index in [-0.39, 0.29) is 0 Å². The first-order valence-electron chi connectivity index (χ1n) is 7.35. The number of fused-ring (bicyclic) bond motifs is 2. The van der Waals surface area contributed by atoms with E-state index in [4.69, 9.17) is 4.98 Å². The molecule has 0 unspecified atom stereocenters. The Morgan fingerprint density at radius 2 is 1.59 bits per heavy atom. The van der Waals surface area contributed by atoms with Crippen LogP contribution in [0.4, 0.5) is 0 Å². The molecule has 4 aromatic rings. The van der Waals surface area contributed by atoms with Crippen molar-refractivity contribution in [1.29, 1.82) is 0 Å². The summed E-state index contributed by atoms with van der Waals surface area (Å²) in [4.78, 5) is 4.71. The highest BCUT2D eigenvalue weighted by atomic mass is 16.3. The van der Waals surface area contributed by atoms with Crippen LogP contribution in [-0.2, 0) is 6.42 Å². The molecule has 0 fully saturated rings. The highest BCUT2D eigenvalue weighted by Gasteiger charge is 2.04. The van der Waals surface area contributed by atoms with Crippen molar-refractivity contribution in [1.82, 2.24) is 4.98 Å². The lowest BCUT2D eigenvalue weighted by molar-refractivity contribution is 0.481. The number of aromatic hydroxyl groups is 1. The first-order chi connectivity index (χ1) is 10.8. The summed E-state index contributed by atoms with van der Waals surface area (Å²) in [6.07, 6.45) is 0.759. The van der Waals surface area contributed by atoms with Crippen LogP contribution in [0.2, 0.25) is 0 Å². The summed E-state index contributed by atoms with van der Waals surface area (Å²) in [6.45, 7) is 0. The van der Waals surface area contributed by atoms with Gasteiger partial charge >= 0.3 is 0 Å². The second-order valence-electron chi connectivity index (χ2n) is 5.50. The fraction of sp³-hybridized carbons (Fsp3) is 0.0500. The smallest absolute Gasteiger partial charge is 0.123 e. The van der Waals surface area contributed by atoms with Gasteiger partial charge in [0.2, 0.25) is 0 Å². The molecular formula is C20H15NO. The molecule has 2 nitrogen and oxygen atoms in total. The molecule has 0 bridgehead atoms. The summed E-state index contributed by atoms with van der Waals surface area (Å²) in [6, 6.07) is 24.1. The molecule has 22 heavy (non-hydrogen) atoms. The third-order valence-corrected chi connectivity index (χ3v) is 3.96. The number of phenols is 1. The predicted octanol–water partition coefficient (Wildman–Crippen LogP) is 4.68. The Labute approximate surface area is 128 Å². The van der Waals surface area contributed by atoms with Crippen LogP contribution in [0.3, 0.4) is 0 Å². The summed E-state index contributed by atoms with van der Waals surface area (Å²) in [5.74, 6) is 0.325. The van der Waals surface area contributed by atoms with Gasteiger partial charge in [-0.25, -0.2) is 0 Å². The van der Waals surface area contributed by atoms with Crippen LogP contribution in [0.15, 0.2) is 72.8 Å². The number of aromatic nitrogens is 1. The van der Waals surface area contributed by atoms with Gasteiger partial charge in [-0.1, -0.05) is 48.5 Å². The van der Waals surface area contributed by atoms with Crippen molar-refractivity contribution in [2.24, 2.45) is 0 Å². The number of pyridine rings is 1. The molecule has 106 valence electrons. The van der Waals surface area contributed by atoms with E-state index < -0.39 is 0 Å². The van der Waals surface area contributed by atoms with E-state index in [1.54, 1.807) is 6.07 Å². The molecule has 0 amide bonds. The van der Waals surface area contributed by atoms with Crippen molar-refractivity contribution in [2.75, 3.05) is 0 Å². The topological polar surface area (TPSA) is 33.1 Å². The molecule has 0 saturated heterocycles. The van der Waals surface area contributed by atoms with E-state index in [2.05, 4.69) is 24.3 Å². The van der Waals surface area contributed by atoms with E-state index in [0.717, 1.165) is 39.4 Å². The predicted molar refractivity (Wildman–Crippen MR) is 90.2 cm³/mol. The molecule has 0 aliphatic carbocycles. The Morgan fingerprint density at radius 1 is 0.773 bits per heavy atom. The molecule has 0 aliphatic rings. The molecule has 1 N–H and O–H groups in total. The van der Waals surface area contributed by atoms with Crippen LogP contribution in [-0.4, -0.2) is 10.1 Å². The van der Waals surface area contributed by atoms with Gasteiger partial charge in [0, 0.05) is 22.9 Å². The van der Waals surface area contributed by atoms with E-state index in [0.29, 0.717) is 5.75 Å². The zero-order valence-corrected chi connectivity index (χ0v) is 12.0. The van der Waals surface area contributed by atoms with Gasteiger partial charge in [0.1, 0.15) is 5.75 Å². The van der Waals surface area contributed by atoms with Crippen LogP contribution in [0.25, 0.3) is 21.7 Å². The number of hydrogen-bond donors (Lipinski definition) is 1. The molecule has 0 saturated carbocycles. The number of benzene rings is 3. The molecule has 0 spiro atoms. The quantitative estimate of drug-likeness (QED) is 0.580. The minimum Gasteiger partial charge on any atom is -0.507 e. The zero-order valence-electron chi connectivity index (χ0n) is 12.0. The van der Waals surface area contributed by atoms with Crippen molar-refractivity contribution in [3.05, 3.63) is 84.1 Å². The Morgan fingerprint density at radius 3 is 2.55 bits per heavy atom. The van der Waals surface area contributed by atoms with Crippen molar-refractivity contribution >= 4 is 21.7 Å². The number of hydrogen-bond acceptors (Lipinski definition) is 2. The first kappa shape index (κ1) is 12.8. The largest absolute Gasteiger partial charge is 0.507 e. The number of phenolic OH excluding ortho intramolecular Hbond substituents is 1. The molecule has 1 heterocycles. The van der Waals surface area contributed by atoms with E-state index in [1.807, 2.05) is 42.5 Å². The Hall–Kier alpha value is -2.87. The average Bonchev–Trinajstić information content (AvgIpc) is 2.56. The van der Waals surface area contributed by atoms with Crippen LogP contribution >= 0.6 is 0 Å². The SMILES string of the molecule is Oc1cccc2ccc(Cc3ccc4ccccc4n3)cc12. The fourth-order valence-electron chi connectivity index (χ4n) is 2.83. The van der Waals surface area contributed by atoms with Gasteiger partial charge in [-0.3, -0.25) is 4.98 Å². The van der Waals surface area contributed by atoms with Gasteiger partial charge in [0.25, 0.3) is 0 Å². The van der Waals surface area contributed by atoms with Gasteiger partial charge in [-0.2, -0.15) is 0 Å². The van der Waals surface area contributed by atoms with E-state index >= 15 is 0 Å². The van der Waals surface area contributed by atoms with E-state index in [1.165, 1.54) is 0 Å². The minimum atomic E-state index is 0.325. The monoisotopic (exact) mass is 285 g/mol. The summed E-state index contributed by atoms with van der Waals surface area (Å²) in [5, 5.41) is 13.1. The van der Waals surface area contributed by atoms with Crippen molar-refractivity contribution < 1.29 is 5.11 Å². The fourth-order valence-corrected chi connectivity index (χ4v) is 2.83. The molecule has 0 radical (unpaired) electrons. The number of nitrogens with zero attached hydrogens (tertiary/aromatic N) is 1. The second-order valence-corrected chi connectivity index (χ2v) is 5.50. The summed E-state index contributed by atoms with van der Waals surface area (Å²) >= 11 is 0. The van der Waals surface area contributed by atoms with Crippen molar-refractivity contribution in [2.45, 2.75) is 6.42 Å². The van der Waals surface area contributed by atoms with Crippen LogP contribution in [0.5, 0.6) is 5.75 Å². The summed E-state index contributed by atoms with van der Waals surface area (Å²) in [5.41, 5.74) is 3.20. The van der Waals surface area contributed by atoms with Gasteiger partial charge in [-0.05, 0) is 35.2 Å². The van der Waals surface area contributed by atoms with E-state index in [9.17, 15) is 5.11 Å². The van der Waals surface area contributed by atoms with Crippen LogP contribution < -0.4 is 0 Å². The Kier molecular flexibility index (Phi) is 3.01. The highest BCUT2D eigenvalue weighted by molar-refractivity contribution is 5.88. The molecule has 3 aromatic carbocycles. The maximum atomic E-state index is 9.99. The normalized spacial score (nSPS) is 11.1. The maximum Gasteiger partial charge on any atom is 0.123 e. The van der Waals surface area contributed by atoms with Crippen molar-refractivity contribution in [3.63, 3.8) is 0 Å². The number of para-hydroxylation sites is 1. The minimum absolute atomic E-state index is 0.325. The molecule has 0 aliphatic heterocycles. The van der Waals surface area contributed by atoms with Crippen LogP contribution in [0, 0.1) is 0 Å². The molecule has 4 rings (SSSR count). The molecule has 2 heteroatoms. The summed E-state index contributed by atoms with van der Waals surface area (Å²) < 4.78 is 0. The van der Waals surface area contributed by atoms with Gasteiger partial charge in [0.15, 0.2) is 0 Å². The third-order valence-electron chi connectivity index (χ3n) is 3.96. The first-order valence-corrected chi connectivity index (χ1v) is 7.35. The highest BCUT2D eigenvalue weighted by Crippen LogP contribution is 2.26. The standard InChI is InChI=1S/C20H15NO/c22-20-7-3-5-15-9-8-14(13-18(15)20)12-17-11-10-16-4-1-2-6-19(16)21-17/h1-11,13,22H,12H2. The number of rotatable bonds is 2.